The molecule has 0 fully saturated rings. The van der Waals surface area contributed by atoms with E-state index in [1.807, 2.05) is 11.3 Å². The van der Waals surface area contributed by atoms with E-state index < -0.39 is 0 Å². The molecule has 2 nitrogen and oxygen atoms in total. The zero-order chi connectivity index (χ0) is 12.5. The summed E-state index contributed by atoms with van der Waals surface area (Å²) in [4.78, 5) is 2.73. The van der Waals surface area contributed by atoms with Crippen LogP contribution in [-0.2, 0) is 17.9 Å². The van der Waals surface area contributed by atoms with Crippen LogP contribution in [-0.4, -0.2) is 13.2 Å². The Morgan fingerprint density at radius 3 is 2.53 bits per heavy atom. The van der Waals surface area contributed by atoms with E-state index in [2.05, 4.69) is 38.2 Å². The van der Waals surface area contributed by atoms with Crippen molar-refractivity contribution >= 4 is 11.3 Å². The van der Waals surface area contributed by atoms with Crippen molar-refractivity contribution in [3.63, 3.8) is 0 Å². The highest BCUT2D eigenvalue weighted by Crippen LogP contribution is 2.18. The van der Waals surface area contributed by atoms with Crippen molar-refractivity contribution in [2.75, 3.05) is 13.2 Å². The second kappa shape index (κ2) is 8.67. The smallest absolute Gasteiger partial charge is 0.0809 e. The molecule has 0 amide bonds. The second-order valence-electron chi connectivity index (χ2n) is 4.35. The molecule has 17 heavy (non-hydrogen) atoms. The minimum Gasteiger partial charge on any atom is -0.376 e. The average molecular weight is 255 g/mol. The summed E-state index contributed by atoms with van der Waals surface area (Å²) in [5.74, 6) is 0.719. The van der Waals surface area contributed by atoms with Gasteiger partial charge in [0, 0.05) is 22.9 Å². The van der Waals surface area contributed by atoms with E-state index in [0.29, 0.717) is 0 Å². The molecule has 1 heterocycles. The SMILES string of the molecule is CCNCc1ccc(COCC(CC)CC)s1. The van der Waals surface area contributed by atoms with Crippen LogP contribution in [0.1, 0.15) is 43.4 Å². The molecule has 0 bridgehead atoms. The van der Waals surface area contributed by atoms with E-state index in [1.54, 1.807) is 0 Å². The van der Waals surface area contributed by atoms with Crippen molar-refractivity contribution in [3.05, 3.63) is 21.9 Å². The van der Waals surface area contributed by atoms with Crippen LogP contribution >= 0.6 is 11.3 Å². The summed E-state index contributed by atoms with van der Waals surface area (Å²) < 4.78 is 5.77. The van der Waals surface area contributed by atoms with Crippen LogP contribution in [0.15, 0.2) is 12.1 Å². The van der Waals surface area contributed by atoms with E-state index in [9.17, 15) is 0 Å². The second-order valence-corrected chi connectivity index (χ2v) is 5.60. The lowest BCUT2D eigenvalue weighted by atomic mass is 10.1. The van der Waals surface area contributed by atoms with Gasteiger partial charge >= 0.3 is 0 Å². The number of rotatable bonds is 9. The predicted molar refractivity (Wildman–Crippen MR) is 75.4 cm³/mol. The van der Waals surface area contributed by atoms with Gasteiger partial charge in [-0.2, -0.15) is 0 Å². The Bertz CT molecular complexity index is 294. The summed E-state index contributed by atoms with van der Waals surface area (Å²) in [6.07, 6.45) is 2.43. The third kappa shape index (κ3) is 5.66. The highest BCUT2D eigenvalue weighted by molar-refractivity contribution is 7.11. The highest BCUT2D eigenvalue weighted by Gasteiger charge is 2.04. The van der Waals surface area contributed by atoms with Gasteiger partial charge in [-0.1, -0.05) is 33.6 Å². The van der Waals surface area contributed by atoms with Gasteiger partial charge in [0.2, 0.25) is 0 Å². The van der Waals surface area contributed by atoms with Crippen molar-refractivity contribution in [1.29, 1.82) is 0 Å². The van der Waals surface area contributed by atoms with Crippen LogP contribution in [0.4, 0.5) is 0 Å². The van der Waals surface area contributed by atoms with E-state index >= 15 is 0 Å². The Labute approximate surface area is 109 Å². The van der Waals surface area contributed by atoms with E-state index in [1.165, 1.54) is 22.6 Å². The van der Waals surface area contributed by atoms with Crippen LogP contribution < -0.4 is 5.32 Å². The number of nitrogens with one attached hydrogen (secondary N) is 1. The molecule has 98 valence electrons. The third-order valence-corrected chi connectivity index (χ3v) is 4.08. The van der Waals surface area contributed by atoms with Gasteiger partial charge in [0.15, 0.2) is 0 Å². The van der Waals surface area contributed by atoms with E-state index in [4.69, 9.17) is 4.74 Å². The fraction of sp³-hybridized carbons (Fsp3) is 0.714. The molecule has 1 aromatic heterocycles. The lowest BCUT2D eigenvalue weighted by Crippen LogP contribution is -2.10. The number of thiophene rings is 1. The van der Waals surface area contributed by atoms with Crippen molar-refractivity contribution in [3.8, 4) is 0 Å². The average Bonchev–Trinajstić information content (AvgIpc) is 2.80. The zero-order valence-electron chi connectivity index (χ0n) is 11.3. The zero-order valence-corrected chi connectivity index (χ0v) is 12.1. The quantitative estimate of drug-likeness (QED) is 0.724. The first-order valence-corrected chi connectivity index (χ1v) is 7.47. The molecule has 1 rings (SSSR count). The summed E-state index contributed by atoms with van der Waals surface area (Å²) in [6.45, 7) is 10.3. The predicted octanol–water partition coefficient (Wildman–Crippen LogP) is 3.81. The van der Waals surface area contributed by atoms with Gasteiger partial charge in [-0.15, -0.1) is 11.3 Å². The summed E-state index contributed by atoms with van der Waals surface area (Å²) in [7, 11) is 0. The molecule has 1 N–H and O–H groups in total. The summed E-state index contributed by atoms with van der Waals surface area (Å²) >= 11 is 1.85. The summed E-state index contributed by atoms with van der Waals surface area (Å²) in [5.41, 5.74) is 0. The van der Waals surface area contributed by atoms with Gasteiger partial charge in [-0.3, -0.25) is 0 Å². The third-order valence-electron chi connectivity index (χ3n) is 3.02. The van der Waals surface area contributed by atoms with Crippen LogP contribution in [0.5, 0.6) is 0 Å². The molecule has 0 aliphatic heterocycles. The highest BCUT2D eigenvalue weighted by atomic mass is 32.1. The minimum atomic E-state index is 0.719. The minimum absolute atomic E-state index is 0.719. The van der Waals surface area contributed by atoms with Gasteiger partial charge < -0.3 is 10.1 Å². The van der Waals surface area contributed by atoms with E-state index in [-0.39, 0.29) is 0 Å². The standard InChI is InChI=1S/C14H25NOS/c1-4-12(5-2)10-16-11-14-8-7-13(17-14)9-15-6-3/h7-8,12,15H,4-6,9-11H2,1-3H3. The molecule has 0 saturated carbocycles. The van der Waals surface area contributed by atoms with Crippen molar-refractivity contribution in [1.82, 2.24) is 5.32 Å². The monoisotopic (exact) mass is 255 g/mol. The molecule has 0 atom stereocenters. The van der Waals surface area contributed by atoms with Crippen LogP contribution in [0.2, 0.25) is 0 Å². The van der Waals surface area contributed by atoms with Gasteiger partial charge in [0.25, 0.3) is 0 Å². The topological polar surface area (TPSA) is 21.3 Å². The van der Waals surface area contributed by atoms with Crippen LogP contribution in [0, 0.1) is 5.92 Å². The molecule has 0 spiro atoms. The van der Waals surface area contributed by atoms with Gasteiger partial charge in [0.05, 0.1) is 6.61 Å². The van der Waals surface area contributed by atoms with Gasteiger partial charge in [-0.05, 0) is 24.6 Å². The lowest BCUT2D eigenvalue weighted by Gasteiger charge is -2.11. The number of hydrogen-bond donors (Lipinski definition) is 1. The maximum absolute atomic E-state index is 5.77. The maximum atomic E-state index is 5.77. The molecule has 0 aliphatic carbocycles. The molecule has 0 aliphatic rings. The number of ether oxygens (including phenoxy) is 1. The fourth-order valence-electron chi connectivity index (χ4n) is 1.69. The Hall–Kier alpha value is -0.380. The van der Waals surface area contributed by atoms with Crippen molar-refractivity contribution in [2.45, 2.75) is 46.8 Å². The molecule has 0 radical (unpaired) electrons. The van der Waals surface area contributed by atoms with Crippen molar-refractivity contribution in [2.24, 2.45) is 5.92 Å². The summed E-state index contributed by atoms with van der Waals surface area (Å²) in [6, 6.07) is 4.38. The molecule has 1 aromatic rings. The number of hydrogen-bond acceptors (Lipinski definition) is 3. The summed E-state index contributed by atoms with van der Waals surface area (Å²) in [5, 5.41) is 3.34. The molecule has 0 unspecified atom stereocenters. The first-order valence-electron chi connectivity index (χ1n) is 6.66. The fourth-order valence-corrected chi connectivity index (χ4v) is 2.62. The normalized spacial score (nSPS) is 11.3. The van der Waals surface area contributed by atoms with Gasteiger partial charge in [-0.25, -0.2) is 0 Å². The van der Waals surface area contributed by atoms with Crippen molar-refractivity contribution < 1.29 is 4.74 Å². The Balaban J connectivity index is 2.24. The van der Waals surface area contributed by atoms with Crippen LogP contribution in [0.3, 0.4) is 0 Å². The maximum Gasteiger partial charge on any atom is 0.0809 e. The Morgan fingerprint density at radius 1 is 1.18 bits per heavy atom. The molecule has 0 saturated heterocycles. The molecular formula is C14H25NOS. The van der Waals surface area contributed by atoms with E-state index in [0.717, 1.165) is 32.2 Å². The Morgan fingerprint density at radius 2 is 1.88 bits per heavy atom. The molecule has 3 heteroatoms. The lowest BCUT2D eigenvalue weighted by molar-refractivity contribution is 0.0860. The first kappa shape index (κ1) is 14.7. The molecule has 0 aromatic carbocycles. The largest absolute Gasteiger partial charge is 0.376 e. The first-order chi connectivity index (χ1) is 8.30. The molecular weight excluding hydrogens is 230 g/mol. The van der Waals surface area contributed by atoms with Crippen LogP contribution in [0.25, 0.3) is 0 Å². The van der Waals surface area contributed by atoms with Gasteiger partial charge in [0.1, 0.15) is 0 Å². The Kier molecular flexibility index (Phi) is 7.49.